The standard InChI is InChI=1S/C12H11P.C9H13ClN/c1-3-7-11(8-4-1)13-12-9-5-2-6-10-12;1-11(2,3)9-6-4-8(10)5-7-9/h1-10,13H;4-7H,1-3H3/q;+1. The van der Waals surface area contributed by atoms with Crippen LogP contribution in [0.2, 0.25) is 5.02 Å². The zero-order valence-corrected chi connectivity index (χ0v) is 16.2. The second kappa shape index (κ2) is 8.99. The molecule has 0 saturated heterocycles. The van der Waals surface area contributed by atoms with Crippen molar-refractivity contribution in [3.63, 3.8) is 0 Å². The highest BCUT2D eigenvalue weighted by Crippen LogP contribution is 2.19. The quantitative estimate of drug-likeness (QED) is 0.464. The predicted molar refractivity (Wildman–Crippen MR) is 111 cm³/mol. The highest BCUT2D eigenvalue weighted by Gasteiger charge is 2.10. The monoisotopic (exact) mass is 356 g/mol. The van der Waals surface area contributed by atoms with Gasteiger partial charge in [0.25, 0.3) is 0 Å². The molecule has 0 unspecified atom stereocenters. The molecule has 0 fully saturated rings. The molecule has 0 N–H and O–H groups in total. The summed E-state index contributed by atoms with van der Waals surface area (Å²) < 4.78 is 0.831. The topological polar surface area (TPSA) is 0 Å². The Kier molecular flexibility index (Phi) is 6.99. The lowest BCUT2D eigenvalue weighted by Gasteiger charge is -2.23. The van der Waals surface area contributed by atoms with E-state index in [0.717, 1.165) is 18.1 Å². The van der Waals surface area contributed by atoms with Crippen LogP contribution in [-0.4, -0.2) is 21.1 Å². The first-order chi connectivity index (χ1) is 11.4. The summed E-state index contributed by atoms with van der Waals surface area (Å²) in [6.45, 7) is 0. The van der Waals surface area contributed by atoms with Crippen molar-refractivity contribution in [2.45, 2.75) is 0 Å². The Morgan fingerprint density at radius 3 is 1.42 bits per heavy atom. The lowest BCUT2D eigenvalue weighted by Crippen LogP contribution is -2.34. The first-order valence-corrected chi connectivity index (χ1v) is 9.27. The molecule has 3 aromatic carbocycles. The van der Waals surface area contributed by atoms with Crippen LogP contribution in [0.3, 0.4) is 0 Å². The average Bonchev–Trinajstić information content (AvgIpc) is 2.57. The van der Waals surface area contributed by atoms with E-state index < -0.39 is 0 Å². The Bertz CT molecular complexity index is 682. The summed E-state index contributed by atoms with van der Waals surface area (Å²) in [4.78, 5) is 0. The SMILES string of the molecule is C[N+](C)(C)c1ccc(Cl)cc1.c1ccc(Pc2ccccc2)cc1. The maximum atomic E-state index is 5.75. The Hall–Kier alpha value is -1.66. The van der Waals surface area contributed by atoms with Gasteiger partial charge in [0.05, 0.1) is 21.1 Å². The molecule has 0 amide bonds. The van der Waals surface area contributed by atoms with E-state index in [1.54, 1.807) is 0 Å². The van der Waals surface area contributed by atoms with Crippen LogP contribution >= 0.6 is 20.2 Å². The summed E-state index contributed by atoms with van der Waals surface area (Å²) in [6.07, 6.45) is 0. The Morgan fingerprint density at radius 1 is 0.625 bits per heavy atom. The van der Waals surface area contributed by atoms with E-state index in [2.05, 4.69) is 81.8 Å². The van der Waals surface area contributed by atoms with Gasteiger partial charge in [-0.3, -0.25) is 4.48 Å². The van der Waals surface area contributed by atoms with Crippen LogP contribution in [0.1, 0.15) is 0 Å². The van der Waals surface area contributed by atoms with Crippen molar-refractivity contribution in [1.29, 1.82) is 0 Å². The highest BCUT2D eigenvalue weighted by atomic mass is 35.5. The van der Waals surface area contributed by atoms with E-state index >= 15 is 0 Å². The molecule has 3 heteroatoms. The fourth-order valence-corrected chi connectivity index (χ4v) is 3.28. The van der Waals surface area contributed by atoms with E-state index in [9.17, 15) is 0 Å². The fraction of sp³-hybridized carbons (Fsp3) is 0.143. The molecule has 3 aromatic rings. The van der Waals surface area contributed by atoms with Crippen LogP contribution in [-0.2, 0) is 0 Å². The molecular weight excluding hydrogens is 333 g/mol. The molecule has 0 bridgehead atoms. The first kappa shape index (κ1) is 18.7. The number of halogens is 1. The summed E-state index contributed by atoms with van der Waals surface area (Å²) in [5.41, 5.74) is 1.26. The van der Waals surface area contributed by atoms with Gasteiger partial charge in [-0.1, -0.05) is 80.8 Å². The largest absolute Gasteiger partial charge is 0.298 e. The van der Waals surface area contributed by atoms with E-state index in [4.69, 9.17) is 11.6 Å². The predicted octanol–water partition coefficient (Wildman–Crippen LogP) is 4.85. The molecule has 0 aliphatic heterocycles. The van der Waals surface area contributed by atoms with Gasteiger partial charge in [0.1, 0.15) is 5.69 Å². The van der Waals surface area contributed by atoms with E-state index in [0.29, 0.717) is 0 Å². The van der Waals surface area contributed by atoms with Gasteiger partial charge < -0.3 is 0 Å². The second-order valence-corrected chi connectivity index (χ2v) is 8.19. The van der Waals surface area contributed by atoms with E-state index in [1.165, 1.54) is 16.3 Å². The van der Waals surface area contributed by atoms with Crippen LogP contribution in [0, 0.1) is 0 Å². The molecule has 0 aliphatic carbocycles. The van der Waals surface area contributed by atoms with Crippen molar-refractivity contribution in [3.8, 4) is 0 Å². The molecule has 3 rings (SSSR count). The van der Waals surface area contributed by atoms with Crippen molar-refractivity contribution in [1.82, 2.24) is 4.48 Å². The van der Waals surface area contributed by atoms with Crippen LogP contribution in [0.4, 0.5) is 5.69 Å². The molecule has 0 aliphatic rings. The number of hydrogen-bond donors (Lipinski definition) is 0. The van der Waals surface area contributed by atoms with Crippen molar-refractivity contribution in [3.05, 3.63) is 90.0 Å². The average molecular weight is 357 g/mol. The number of quaternary nitrogens is 1. The maximum absolute atomic E-state index is 5.75. The van der Waals surface area contributed by atoms with Gasteiger partial charge in [-0.2, -0.15) is 0 Å². The Morgan fingerprint density at radius 2 is 1.04 bits per heavy atom. The minimum Gasteiger partial charge on any atom is -0.298 e. The highest BCUT2D eigenvalue weighted by molar-refractivity contribution is 7.55. The maximum Gasteiger partial charge on any atom is 0.132 e. The molecule has 0 aromatic heterocycles. The fourth-order valence-electron chi connectivity index (χ4n) is 2.10. The minimum absolute atomic E-state index is 0.777. The van der Waals surface area contributed by atoms with Crippen LogP contribution in [0.15, 0.2) is 84.9 Å². The third kappa shape index (κ3) is 6.45. The molecule has 0 atom stereocenters. The van der Waals surface area contributed by atoms with Crippen LogP contribution in [0.5, 0.6) is 0 Å². The molecule has 0 heterocycles. The van der Waals surface area contributed by atoms with Gasteiger partial charge in [-0.15, -0.1) is 0 Å². The smallest absolute Gasteiger partial charge is 0.132 e. The summed E-state index contributed by atoms with van der Waals surface area (Å²) in [5.74, 6) is 0. The van der Waals surface area contributed by atoms with Gasteiger partial charge in [0.15, 0.2) is 0 Å². The molecule has 0 saturated carbocycles. The lowest BCUT2D eigenvalue weighted by atomic mass is 10.3. The molecule has 24 heavy (non-hydrogen) atoms. The first-order valence-electron chi connectivity index (χ1n) is 7.90. The third-order valence-corrected chi connectivity index (χ3v) is 4.93. The Labute approximate surface area is 152 Å². The van der Waals surface area contributed by atoms with Gasteiger partial charge in [0.2, 0.25) is 0 Å². The van der Waals surface area contributed by atoms with Crippen molar-refractivity contribution >= 4 is 36.5 Å². The molecule has 1 nitrogen and oxygen atoms in total. The van der Waals surface area contributed by atoms with Crippen molar-refractivity contribution in [2.24, 2.45) is 0 Å². The zero-order valence-electron chi connectivity index (χ0n) is 14.4. The summed E-state index contributed by atoms with van der Waals surface area (Å²) in [5, 5.41) is 3.59. The van der Waals surface area contributed by atoms with Crippen LogP contribution in [0.25, 0.3) is 0 Å². The van der Waals surface area contributed by atoms with Gasteiger partial charge in [0, 0.05) is 17.2 Å². The second-order valence-electron chi connectivity index (χ2n) is 6.35. The lowest BCUT2D eigenvalue weighted by molar-refractivity contribution is 0.486. The van der Waals surface area contributed by atoms with Crippen LogP contribution < -0.4 is 15.1 Å². The van der Waals surface area contributed by atoms with Gasteiger partial charge in [-0.25, -0.2) is 0 Å². The summed E-state index contributed by atoms with van der Waals surface area (Å²) in [6, 6.07) is 29.1. The van der Waals surface area contributed by atoms with Gasteiger partial charge in [-0.05, 0) is 22.7 Å². The van der Waals surface area contributed by atoms with E-state index in [1.807, 2.05) is 24.3 Å². The number of hydrogen-bond acceptors (Lipinski definition) is 0. The van der Waals surface area contributed by atoms with E-state index in [-0.39, 0.29) is 0 Å². The van der Waals surface area contributed by atoms with Gasteiger partial charge >= 0.3 is 0 Å². The number of rotatable bonds is 3. The molecule has 0 spiro atoms. The summed E-state index contributed by atoms with van der Waals surface area (Å²) >= 11 is 5.75. The minimum atomic E-state index is 0.777. The number of benzene rings is 3. The molecular formula is C21H24ClNP+. The molecule has 124 valence electrons. The Balaban J connectivity index is 0.000000177. The third-order valence-electron chi connectivity index (χ3n) is 3.44. The molecule has 0 radical (unpaired) electrons. The normalized spacial score (nSPS) is 10.7. The van der Waals surface area contributed by atoms with Crippen molar-refractivity contribution in [2.75, 3.05) is 21.1 Å². The number of nitrogens with zero attached hydrogens (tertiary/aromatic N) is 1. The summed E-state index contributed by atoms with van der Waals surface area (Å²) in [7, 11) is 7.16. The zero-order chi connectivity index (χ0) is 17.4. The van der Waals surface area contributed by atoms with Crippen molar-refractivity contribution < 1.29 is 0 Å².